The molecule has 0 saturated carbocycles. The third-order valence-corrected chi connectivity index (χ3v) is 3.26. The highest BCUT2D eigenvalue weighted by molar-refractivity contribution is 5.64. The molecule has 1 N–H and O–H groups in total. The summed E-state index contributed by atoms with van der Waals surface area (Å²) in [5, 5.41) is 14.1. The fourth-order valence-corrected chi connectivity index (χ4v) is 2.01. The molecule has 1 aromatic rings. The van der Waals surface area contributed by atoms with Gasteiger partial charge in [-0.05, 0) is 32.1 Å². The van der Waals surface area contributed by atoms with Gasteiger partial charge in [-0.15, -0.1) is 0 Å². The Morgan fingerprint density at radius 3 is 2.60 bits per heavy atom. The predicted octanol–water partition coefficient (Wildman–Crippen LogP) is 2.75. The number of hydrogen-bond donors (Lipinski definition) is 1. The molecule has 6 nitrogen and oxygen atoms in total. The second-order valence-corrected chi connectivity index (χ2v) is 4.45. The van der Waals surface area contributed by atoms with Crippen LogP contribution in [0.5, 0.6) is 5.75 Å². The van der Waals surface area contributed by atoms with Crippen LogP contribution >= 0.6 is 0 Å². The minimum absolute atomic E-state index is 0.0774. The highest BCUT2D eigenvalue weighted by Crippen LogP contribution is 2.28. The van der Waals surface area contributed by atoms with Crippen molar-refractivity contribution in [2.45, 2.75) is 20.3 Å². The Morgan fingerprint density at radius 2 is 2.05 bits per heavy atom. The van der Waals surface area contributed by atoms with E-state index in [1.807, 2.05) is 0 Å². The van der Waals surface area contributed by atoms with Crippen molar-refractivity contribution in [3.63, 3.8) is 0 Å². The average Bonchev–Trinajstić information content (AvgIpc) is 2.47. The minimum Gasteiger partial charge on any atom is -0.497 e. The van der Waals surface area contributed by atoms with Crippen LogP contribution in [0.4, 0.5) is 11.4 Å². The lowest BCUT2D eigenvalue weighted by Crippen LogP contribution is -2.25. The van der Waals surface area contributed by atoms with E-state index in [0.29, 0.717) is 18.0 Å². The molecular weight excluding hydrogens is 258 g/mol. The van der Waals surface area contributed by atoms with E-state index in [1.165, 1.54) is 6.07 Å². The van der Waals surface area contributed by atoms with Gasteiger partial charge in [0, 0.05) is 18.7 Å². The molecule has 6 heteroatoms. The molecule has 0 bridgehead atoms. The number of anilines is 1. The first kappa shape index (κ1) is 16.2. The Morgan fingerprint density at radius 1 is 1.35 bits per heavy atom. The number of rotatable bonds is 9. The van der Waals surface area contributed by atoms with E-state index in [-0.39, 0.29) is 10.6 Å². The fourth-order valence-electron chi connectivity index (χ4n) is 2.01. The molecule has 0 unspecified atom stereocenters. The SMILES string of the molecule is CCN(CC)CCCNc1cc(OC)ccc1[N+](=O)[O-]. The van der Waals surface area contributed by atoms with Gasteiger partial charge in [0.15, 0.2) is 0 Å². The lowest BCUT2D eigenvalue weighted by molar-refractivity contribution is -0.384. The molecule has 0 aliphatic heterocycles. The summed E-state index contributed by atoms with van der Waals surface area (Å²) in [5.41, 5.74) is 0.586. The van der Waals surface area contributed by atoms with Crippen molar-refractivity contribution in [2.24, 2.45) is 0 Å². The average molecular weight is 281 g/mol. The zero-order valence-corrected chi connectivity index (χ0v) is 12.4. The highest BCUT2D eigenvalue weighted by Gasteiger charge is 2.14. The van der Waals surface area contributed by atoms with Crippen molar-refractivity contribution in [3.05, 3.63) is 28.3 Å². The number of ether oxygens (including phenoxy) is 1. The van der Waals surface area contributed by atoms with Crippen LogP contribution in [0.25, 0.3) is 0 Å². The van der Waals surface area contributed by atoms with Crippen molar-refractivity contribution < 1.29 is 9.66 Å². The van der Waals surface area contributed by atoms with Crippen molar-refractivity contribution in [1.29, 1.82) is 0 Å². The second kappa shape index (κ2) is 8.37. The summed E-state index contributed by atoms with van der Waals surface area (Å²) in [6.07, 6.45) is 0.941. The minimum atomic E-state index is -0.383. The maximum absolute atomic E-state index is 11.0. The molecule has 1 rings (SSSR count). The molecule has 1 aromatic carbocycles. The Bertz CT molecular complexity index is 434. The highest BCUT2D eigenvalue weighted by atomic mass is 16.6. The molecule has 0 fully saturated rings. The van der Waals surface area contributed by atoms with Gasteiger partial charge in [0.1, 0.15) is 11.4 Å². The fraction of sp³-hybridized carbons (Fsp3) is 0.571. The van der Waals surface area contributed by atoms with Crippen LogP contribution in [0.15, 0.2) is 18.2 Å². The number of nitro groups is 1. The van der Waals surface area contributed by atoms with Crippen molar-refractivity contribution in [2.75, 3.05) is 38.6 Å². The summed E-state index contributed by atoms with van der Waals surface area (Å²) >= 11 is 0. The van der Waals surface area contributed by atoms with Crippen LogP contribution in [0.2, 0.25) is 0 Å². The van der Waals surface area contributed by atoms with Gasteiger partial charge in [-0.25, -0.2) is 0 Å². The van der Waals surface area contributed by atoms with E-state index in [2.05, 4.69) is 24.1 Å². The number of methoxy groups -OCH3 is 1. The van der Waals surface area contributed by atoms with Crippen LogP contribution in [-0.4, -0.2) is 43.1 Å². The van der Waals surface area contributed by atoms with Gasteiger partial charge in [0.05, 0.1) is 12.0 Å². The molecule has 0 saturated heterocycles. The lowest BCUT2D eigenvalue weighted by Gasteiger charge is -2.18. The molecule has 0 atom stereocenters. The Kier molecular flexibility index (Phi) is 6.79. The maximum atomic E-state index is 11.0. The number of hydrogen-bond acceptors (Lipinski definition) is 5. The molecule has 0 aliphatic rings. The summed E-state index contributed by atoms with van der Waals surface area (Å²) < 4.78 is 5.10. The lowest BCUT2D eigenvalue weighted by atomic mass is 10.2. The Labute approximate surface area is 119 Å². The van der Waals surface area contributed by atoms with Crippen LogP contribution in [0.3, 0.4) is 0 Å². The van der Waals surface area contributed by atoms with Crippen LogP contribution in [0.1, 0.15) is 20.3 Å². The standard InChI is InChI=1S/C14H23N3O3/c1-4-16(5-2)10-6-9-15-13-11-12(20-3)7-8-14(13)17(18)19/h7-8,11,15H,4-6,9-10H2,1-3H3. The third-order valence-electron chi connectivity index (χ3n) is 3.26. The summed E-state index contributed by atoms with van der Waals surface area (Å²) in [7, 11) is 1.55. The molecular formula is C14H23N3O3. The number of nitrogens with zero attached hydrogens (tertiary/aromatic N) is 2. The Hall–Kier alpha value is -1.82. The first-order chi connectivity index (χ1) is 9.62. The molecule has 20 heavy (non-hydrogen) atoms. The van der Waals surface area contributed by atoms with Gasteiger partial charge in [0.25, 0.3) is 5.69 Å². The smallest absolute Gasteiger partial charge is 0.292 e. The van der Waals surface area contributed by atoms with Crippen molar-refractivity contribution >= 4 is 11.4 Å². The molecule has 112 valence electrons. The summed E-state index contributed by atoms with van der Waals surface area (Å²) in [6.45, 7) is 7.99. The number of nitro benzene ring substituents is 1. The first-order valence-electron chi connectivity index (χ1n) is 6.91. The van der Waals surface area contributed by atoms with Gasteiger partial charge < -0.3 is 15.0 Å². The van der Waals surface area contributed by atoms with Crippen LogP contribution in [-0.2, 0) is 0 Å². The van der Waals surface area contributed by atoms with Gasteiger partial charge in [-0.3, -0.25) is 10.1 Å². The summed E-state index contributed by atoms with van der Waals surface area (Å²) in [6, 6.07) is 4.72. The summed E-state index contributed by atoms with van der Waals surface area (Å²) in [5.74, 6) is 0.613. The first-order valence-corrected chi connectivity index (χ1v) is 6.91. The van der Waals surface area contributed by atoms with Gasteiger partial charge in [-0.1, -0.05) is 13.8 Å². The summed E-state index contributed by atoms with van der Waals surface area (Å²) in [4.78, 5) is 12.9. The molecule has 0 radical (unpaired) electrons. The predicted molar refractivity (Wildman–Crippen MR) is 80.5 cm³/mol. The molecule has 0 aliphatic carbocycles. The van der Waals surface area contributed by atoms with E-state index in [0.717, 1.165) is 26.1 Å². The van der Waals surface area contributed by atoms with Crippen molar-refractivity contribution in [1.82, 2.24) is 4.90 Å². The van der Waals surface area contributed by atoms with E-state index >= 15 is 0 Å². The molecule has 0 heterocycles. The van der Waals surface area contributed by atoms with Gasteiger partial charge in [0.2, 0.25) is 0 Å². The largest absolute Gasteiger partial charge is 0.497 e. The normalized spacial score (nSPS) is 10.6. The number of benzene rings is 1. The van der Waals surface area contributed by atoms with Crippen LogP contribution in [0, 0.1) is 10.1 Å². The maximum Gasteiger partial charge on any atom is 0.292 e. The zero-order chi connectivity index (χ0) is 15.0. The third kappa shape index (κ3) is 4.70. The molecule has 0 aromatic heterocycles. The second-order valence-electron chi connectivity index (χ2n) is 4.45. The molecule has 0 spiro atoms. The number of nitrogens with one attached hydrogen (secondary N) is 1. The van der Waals surface area contributed by atoms with E-state index in [1.54, 1.807) is 19.2 Å². The zero-order valence-electron chi connectivity index (χ0n) is 12.4. The monoisotopic (exact) mass is 281 g/mol. The van der Waals surface area contributed by atoms with Crippen molar-refractivity contribution in [3.8, 4) is 5.75 Å². The van der Waals surface area contributed by atoms with Crippen LogP contribution < -0.4 is 10.1 Å². The van der Waals surface area contributed by atoms with E-state index in [4.69, 9.17) is 4.74 Å². The quantitative estimate of drug-likeness (QED) is 0.428. The van der Waals surface area contributed by atoms with E-state index < -0.39 is 0 Å². The topological polar surface area (TPSA) is 67.6 Å². The van der Waals surface area contributed by atoms with E-state index in [9.17, 15) is 10.1 Å². The molecule has 0 amide bonds. The Balaban J connectivity index is 2.59. The van der Waals surface area contributed by atoms with Gasteiger partial charge in [-0.2, -0.15) is 0 Å². The van der Waals surface area contributed by atoms with Gasteiger partial charge >= 0.3 is 0 Å².